The van der Waals surface area contributed by atoms with Crippen molar-refractivity contribution in [3.05, 3.63) is 102 Å². The molecule has 1 fully saturated rings. The molecule has 0 aliphatic carbocycles. The Balaban J connectivity index is 1.10. The van der Waals surface area contributed by atoms with Crippen LogP contribution in [0.2, 0.25) is 0 Å². The zero-order valence-electron chi connectivity index (χ0n) is 23.5. The fourth-order valence-corrected chi connectivity index (χ4v) is 5.17. The summed E-state index contributed by atoms with van der Waals surface area (Å²) in [6, 6.07) is 27.7. The summed E-state index contributed by atoms with van der Waals surface area (Å²) in [6.07, 6.45) is 1.78. The van der Waals surface area contributed by atoms with E-state index in [4.69, 9.17) is 9.72 Å². The minimum atomic E-state index is 0.133. The molecule has 6 rings (SSSR count). The molecular formula is C33H36N6O. The number of aromatic amines is 1. The minimum absolute atomic E-state index is 0.133. The van der Waals surface area contributed by atoms with Gasteiger partial charge in [0.2, 0.25) is 0 Å². The van der Waals surface area contributed by atoms with Gasteiger partial charge in [-0.3, -0.25) is 4.90 Å². The lowest BCUT2D eigenvalue weighted by atomic mass is 9.87. The number of aromatic nitrogens is 4. The molecule has 40 heavy (non-hydrogen) atoms. The van der Waals surface area contributed by atoms with Gasteiger partial charge in [-0.05, 0) is 34.7 Å². The van der Waals surface area contributed by atoms with Gasteiger partial charge in [-0.1, -0.05) is 81.4 Å². The number of benzene rings is 3. The van der Waals surface area contributed by atoms with Crippen molar-refractivity contribution in [3.8, 4) is 17.4 Å². The van der Waals surface area contributed by atoms with E-state index < -0.39 is 0 Å². The van der Waals surface area contributed by atoms with Crippen molar-refractivity contribution in [2.75, 3.05) is 31.1 Å². The summed E-state index contributed by atoms with van der Waals surface area (Å²) in [5, 5.41) is 0. The normalized spacial score (nSPS) is 14.5. The van der Waals surface area contributed by atoms with Crippen LogP contribution in [-0.4, -0.2) is 51.0 Å². The van der Waals surface area contributed by atoms with Crippen LogP contribution >= 0.6 is 0 Å². The van der Waals surface area contributed by atoms with E-state index in [0.29, 0.717) is 12.6 Å². The first-order valence-corrected chi connectivity index (χ1v) is 14.0. The highest BCUT2D eigenvalue weighted by Crippen LogP contribution is 2.30. The van der Waals surface area contributed by atoms with Crippen LogP contribution in [0.1, 0.15) is 37.6 Å². The van der Waals surface area contributed by atoms with Crippen LogP contribution in [0.5, 0.6) is 6.01 Å². The van der Waals surface area contributed by atoms with Gasteiger partial charge in [0, 0.05) is 44.5 Å². The molecule has 0 saturated carbocycles. The van der Waals surface area contributed by atoms with Gasteiger partial charge in [-0.25, -0.2) is 9.97 Å². The highest BCUT2D eigenvalue weighted by atomic mass is 16.5. The molecule has 0 atom stereocenters. The first-order chi connectivity index (χ1) is 19.4. The maximum atomic E-state index is 5.83. The number of imidazole rings is 1. The Morgan fingerprint density at radius 3 is 2.35 bits per heavy atom. The Morgan fingerprint density at radius 1 is 0.825 bits per heavy atom. The summed E-state index contributed by atoms with van der Waals surface area (Å²) in [4.78, 5) is 22.4. The number of hydrogen-bond donors (Lipinski definition) is 1. The first kappa shape index (κ1) is 26.0. The lowest BCUT2D eigenvalue weighted by molar-refractivity contribution is 0.242. The van der Waals surface area contributed by atoms with E-state index >= 15 is 0 Å². The van der Waals surface area contributed by atoms with Crippen molar-refractivity contribution >= 4 is 16.7 Å². The molecule has 7 nitrogen and oxygen atoms in total. The van der Waals surface area contributed by atoms with E-state index in [2.05, 4.69) is 88.0 Å². The van der Waals surface area contributed by atoms with E-state index in [0.717, 1.165) is 66.4 Å². The van der Waals surface area contributed by atoms with Gasteiger partial charge >= 0.3 is 6.01 Å². The van der Waals surface area contributed by atoms with Crippen LogP contribution < -0.4 is 9.64 Å². The predicted octanol–water partition coefficient (Wildman–Crippen LogP) is 6.22. The molecule has 0 unspecified atom stereocenters. The number of nitrogens with zero attached hydrogens (tertiary/aromatic N) is 5. The van der Waals surface area contributed by atoms with Crippen molar-refractivity contribution in [2.45, 2.75) is 39.3 Å². The number of hydrogen-bond acceptors (Lipinski definition) is 6. The Labute approximate surface area is 235 Å². The lowest BCUT2D eigenvalue weighted by Crippen LogP contribution is -2.46. The Hall–Kier alpha value is -4.23. The smallest absolute Gasteiger partial charge is 0.316 e. The molecule has 3 heterocycles. The van der Waals surface area contributed by atoms with Crippen LogP contribution in [0.15, 0.2) is 85.1 Å². The van der Waals surface area contributed by atoms with Gasteiger partial charge < -0.3 is 14.6 Å². The molecule has 1 saturated heterocycles. The second kappa shape index (κ2) is 11.1. The van der Waals surface area contributed by atoms with E-state index in [1.165, 1.54) is 11.3 Å². The van der Waals surface area contributed by atoms with Gasteiger partial charge in [-0.2, -0.15) is 4.98 Å². The summed E-state index contributed by atoms with van der Waals surface area (Å²) in [5.41, 5.74) is 7.92. The van der Waals surface area contributed by atoms with Crippen LogP contribution in [0.4, 0.5) is 5.69 Å². The molecule has 1 aliphatic heterocycles. The van der Waals surface area contributed by atoms with Crippen molar-refractivity contribution in [1.82, 2.24) is 24.8 Å². The average molecular weight is 533 g/mol. The molecular weight excluding hydrogens is 496 g/mol. The third-order valence-corrected chi connectivity index (χ3v) is 7.52. The molecule has 0 radical (unpaired) electrons. The average Bonchev–Trinajstić information content (AvgIpc) is 3.42. The molecule has 0 bridgehead atoms. The molecule has 5 aromatic rings. The summed E-state index contributed by atoms with van der Waals surface area (Å²) < 4.78 is 5.83. The van der Waals surface area contributed by atoms with Crippen LogP contribution in [0.25, 0.3) is 22.4 Å². The predicted molar refractivity (Wildman–Crippen MR) is 161 cm³/mol. The number of rotatable bonds is 7. The summed E-state index contributed by atoms with van der Waals surface area (Å²) in [6.45, 7) is 11.7. The third-order valence-electron chi connectivity index (χ3n) is 7.52. The summed E-state index contributed by atoms with van der Waals surface area (Å²) in [5.74, 6) is 0.913. The van der Waals surface area contributed by atoms with Gasteiger partial charge in [0.15, 0.2) is 0 Å². The number of nitrogens with one attached hydrogen (secondary N) is 1. The summed E-state index contributed by atoms with van der Waals surface area (Å²) in [7, 11) is 0. The van der Waals surface area contributed by atoms with E-state index in [1.54, 1.807) is 6.20 Å². The van der Waals surface area contributed by atoms with Gasteiger partial charge in [0.25, 0.3) is 0 Å². The SMILES string of the molecule is CC(C)(C)c1ccc(-c2nc3c(N4CCN(Cc5ccnc(OCc6ccccc6)n5)CC4)cccc3[nH]2)cc1. The first-order valence-electron chi connectivity index (χ1n) is 14.0. The van der Waals surface area contributed by atoms with Crippen LogP contribution in [0.3, 0.4) is 0 Å². The van der Waals surface area contributed by atoms with Crippen molar-refractivity contribution in [3.63, 3.8) is 0 Å². The largest absolute Gasteiger partial charge is 0.459 e. The molecule has 204 valence electrons. The minimum Gasteiger partial charge on any atom is -0.459 e. The van der Waals surface area contributed by atoms with Gasteiger partial charge in [0.1, 0.15) is 17.9 Å². The number of ether oxygens (including phenoxy) is 1. The lowest BCUT2D eigenvalue weighted by Gasteiger charge is -2.36. The second-order valence-corrected chi connectivity index (χ2v) is 11.5. The Morgan fingerprint density at radius 2 is 1.60 bits per heavy atom. The Kier molecular flexibility index (Phi) is 7.22. The standard InChI is InChI=1S/C33H36N6O/c1-33(2,3)26-14-12-25(13-15-26)31-36-28-10-7-11-29(30(28)37-31)39-20-18-38(19-21-39)22-27-16-17-34-32(35-27)40-23-24-8-5-4-6-9-24/h4-17H,18-23H2,1-3H3,(H,36,37). The zero-order valence-corrected chi connectivity index (χ0v) is 23.5. The van der Waals surface area contributed by atoms with Gasteiger partial charge in [-0.15, -0.1) is 0 Å². The van der Waals surface area contributed by atoms with Crippen molar-refractivity contribution < 1.29 is 4.74 Å². The maximum Gasteiger partial charge on any atom is 0.316 e. The maximum absolute atomic E-state index is 5.83. The summed E-state index contributed by atoms with van der Waals surface area (Å²) >= 11 is 0. The number of para-hydroxylation sites is 1. The molecule has 3 aromatic carbocycles. The topological polar surface area (TPSA) is 70.2 Å². The molecule has 1 N–H and O–H groups in total. The number of piperazine rings is 1. The number of anilines is 1. The van der Waals surface area contributed by atoms with E-state index in [9.17, 15) is 0 Å². The number of H-pyrrole nitrogens is 1. The van der Waals surface area contributed by atoms with Crippen molar-refractivity contribution in [1.29, 1.82) is 0 Å². The zero-order chi connectivity index (χ0) is 27.5. The molecule has 1 aliphatic rings. The Bertz CT molecular complexity index is 1560. The fraction of sp³-hybridized carbons (Fsp3) is 0.303. The van der Waals surface area contributed by atoms with Crippen molar-refractivity contribution in [2.24, 2.45) is 0 Å². The molecule has 0 amide bonds. The van der Waals surface area contributed by atoms with Crippen LogP contribution in [0, 0.1) is 0 Å². The van der Waals surface area contributed by atoms with E-state index in [1.807, 2.05) is 36.4 Å². The highest BCUT2D eigenvalue weighted by Gasteiger charge is 2.21. The quantitative estimate of drug-likeness (QED) is 0.268. The molecule has 2 aromatic heterocycles. The van der Waals surface area contributed by atoms with Crippen LogP contribution in [-0.2, 0) is 18.6 Å². The second-order valence-electron chi connectivity index (χ2n) is 11.5. The number of fused-ring (bicyclic) bond motifs is 1. The fourth-order valence-electron chi connectivity index (χ4n) is 5.17. The van der Waals surface area contributed by atoms with Gasteiger partial charge in [0.05, 0.1) is 16.9 Å². The monoisotopic (exact) mass is 532 g/mol. The highest BCUT2D eigenvalue weighted by molar-refractivity contribution is 5.91. The molecule has 0 spiro atoms. The third kappa shape index (κ3) is 5.84. The molecule has 7 heteroatoms. The van der Waals surface area contributed by atoms with E-state index in [-0.39, 0.29) is 5.41 Å².